The van der Waals surface area contributed by atoms with E-state index in [0.29, 0.717) is 23.0 Å². The fourth-order valence-electron chi connectivity index (χ4n) is 2.65. The second-order valence-electron chi connectivity index (χ2n) is 6.93. The van der Waals surface area contributed by atoms with Gasteiger partial charge < -0.3 is 14.5 Å². The zero-order valence-corrected chi connectivity index (χ0v) is 16.4. The van der Waals surface area contributed by atoms with Gasteiger partial charge in [-0.25, -0.2) is 8.78 Å². The van der Waals surface area contributed by atoms with Crippen LogP contribution in [0.15, 0.2) is 52.9 Å². The summed E-state index contributed by atoms with van der Waals surface area (Å²) < 4.78 is 60.7. The van der Waals surface area contributed by atoms with E-state index < -0.39 is 19.0 Å². The van der Waals surface area contributed by atoms with Crippen molar-refractivity contribution in [3.8, 4) is 11.5 Å². The third-order valence-corrected chi connectivity index (χ3v) is 4.30. The smallest absolute Gasteiger partial charge is 0.330 e. The number of halogens is 4. The highest BCUT2D eigenvalue weighted by Crippen LogP contribution is 2.25. The molecule has 5 nitrogen and oxygen atoms in total. The maximum Gasteiger partial charge on any atom is 0.330 e. The van der Waals surface area contributed by atoms with Crippen molar-refractivity contribution in [1.82, 2.24) is 10.2 Å². The highest BCUT2D eigenvalue weighted by atomic mass is 19.3. The molecule has 0 amide bonds. The van der Waals surface area contributed by atoms with Gasteiger partial charge in [0.05, 0.1) is 6.61 Å². The van der Waals surface area contributed by atoms with Gasteiger partial charge in [0.15, 0.2) is 0 Å². The van der Waals surface area contributed by atoms with Gasteiger partial charge in [-0.3, -0.25) is 0 Å². The van der Waals surface area contributed by atoms with E-state index in [1.807, 2.05) is 38.1 Å². The molecule has 1 unspecified atom stereocenters. The minimum absolute atomic E-state index is 0.218. The van der Waals surface area contributed by atoms with Crippen LogP contribution in [0, 0.1) is 6.92 Å². The van der Waals surface area contributed by atoms with Gasteiger partial charge in [0, 0.05) is 11.3 Å². The molecule has 1 atom stereocenters. The normalized spacial score (nSPS) is 12.9. The first-order valence-corrected chi connectivity index (χ1v) is 9.24. The van der Waals surface area contributed by atoms with Crippen molar-refractivity contribution in [3.05, 3.63) is 65.5 Å². The van der Waals surface area contributed by atoms with Gasteiger partial charge >= 0.3 is 12.3 Å². The van der Waals surface area contributed by atoms with Crippen molar-refractivity contribution in [3.63, 3.8) is 0 Å². The molecule has 30 heavy (non-hydrogen) atoms. The first kappa shape index (κ1) is 21.8. The minimum Gasteiger partial charge on any atom is -0.418 e. The molecule has 1 aromatic heterocycles. The predicted octanol–water partition coefficient (Wildman–Crippen LogP) is 5.64. The number of alkyl halides is 4. The molecule has 0 fully saturated rings. The number of benzene rings is 2. The van der Waals surface area contributed by atoms with Crippen molar-refractivity contribution < 1.29 is 26.7 Å². The molecule has 0 spiro atoms. The molecule has 2 aromatic carbocycles. The number of hydrogen-bond donors (Lipinski definition) is 1. The Hall–Kier alpha value is -2.94. The van der Waals surface area contributed by atoms with Gasteiger partial charge in [0.1, 0.15) is 12.6 Å². The summed E-state index contributed by atoms with van der Waals surface area (Å²) in [6.07, 6.45) is -3.76. The number of anilines is 1. The van der Waals surface area contributed by atoms with Crippen LogP contribution in [0.2, 0.25) is 0 Å². The fourth-order valence-corrected chi connectivity index (χ4v) is 2.65. The molecule has 160 valence electrons. The standard InChI is InChI=1S/C21H21F4N3O2/c1-13-6-8-16(9-7-13)19-28-27-18(30-19)14(2)26-17-5-3-4-15(10-17)11-29-12-21(24,25)20(22)23/h3-10,14,20,26H,11-12H2,1-2H3. The van der Waals surface area contributed by atoms with Gasteiger partial charge in [-0.15, -0.1) is 10.2 Å². The van der Waals surface area contributed by atoms with E-state index in [4.69, 9.17) is 9.15 Å². The average molecular weight is 423 g/mol. The molecule has 0 bridgehead atoms. The lowest BCUT2D eigenvalue weighted by molar-refractivity contribution is -0.168. The fraction of sp³-hybridized carbons (Fsp3) is 0.333. The summed E-state index contributed by atoms with van der Waals surface area (Å²) in [5.74, 6) is -3.39. The maximum absolute atomic E-state index is 12.9. The Labute approximate surface area is 171 Å². The number of nitrogens with one attached hydrogen (secondary N) is 1. The molecule has 0 saturated heterocycles. The van der Waals surface area contributed by atoms with E-state index in [9.17, 15) is 17.6 Å². The summed E-state index contributed by atoms with van der Waals surface area (Å²) in [7, 11) is 0. The molecule has 1 N–H and O–H groups in total. The molecular weight excluding hydrogens is 402 g/mol. The SMILES string of the molecule is Cc1ccc(-c2nnc(C(C)Nc3cccc(COCC(F)(F)C(F)F)c3)o2)cc1. The zero-order chi connectivity index (χ0) is 21.7. The molecule has 0 radical (unpaired) electrons. The van der Waals surface area contributed by atoms with Crippen molar-refractivity contribution in [2.75, 3.05) is 11.9 Å². The Bertz CT molecular complexity index is 961. The maximum atomic E-state index is 12.9. The summed E-state index contributed by atoms with van der Waals surface area (Å²) in [6.45, 7) is 2.25. The summed E-state index contributed by atoms with van der Waals surface area (Å²) in [5, 5.41) is 11.3. The Morgan fingerprint density at radius 2 is 1.83 bits per heavy atom. The number of hydrogen-bond acceptors (Lipinski definition) is 5. The van der Waals surface area contributed by atoms with Crippen LogP contribution < -0.4 is 5.32 Å². The molecule has 0 aliphatic heterocycles. The topological polar surface area (TPSA) is 60.2 Å². The number of ether oxygens (including phenoxy) is 1. The van der Waals surface area contributed by atoms with E-state index in [2.05, 4.69) is 15.5 Å². The van der Waals surface area contributed by atoms with Crippen molar-refractivity contribution in [2.45, 2.75) is 38.8 Å². The molecule has 0 aliphatic rings. The molecule has 0 aliphatic carbocycles. The minimum atomic E-state index is -4.17. The largest absolute Gasteiger partial charge is 0.418 e. The molecule has 3 rings (SSSR count). The first-order valence-electron chi connectivity index (χ1n) is 9.24. The lowest BCUT2D eigenvalue weighted by Crippen LogP contribution is -2.32. The Morgan fingerprint density at radius 3 is 2.53 bits per heavy atom. The van der Waals surface area contributed by atoms with Crippen LogP contribution in [-0.2, 0) is 11.3 Å². The Balaban J connectivity index is 1.60. The third-order valence-electron chi connectivity index (χ3n) is 4.30. The van der Waals surface area contributed by atoms with Gasteiger partial charge in [-0.2, -0.15) is 8.78 Å². The van der Waals surface area contributed by atoms with E-state index in [-0.39, 0.29) is 12.6 Å². The number of aryl methyl sites for hydroxylation is 1. The number of rotatable bonds is 9. The molecular formula is C21H21F4N3O2. The van der Waals surface area contributed by atoms with E-state index in [1.165, 1.54) is 0 Å². The zero-order valence-electron chi connectivity index (χ0n) is 16.4. The number of nitrogens with zero attached hydrogens (tertiary/aromatic N) is 2. The number of aromatic nitrogens is 2. The van der Waals surface area contributed by atoms with E-state index in [1.54, 1.807) is 24.3 Å². The van der Waals surface area contributed by atoms with Crippen LogP contribution in [0.5, 0.6) is 0 Å². The third kappa shape index (κ3) is 5.56. The summed E-state index contributed by atoms with van der Waals surface area (Å²) in [5.41, 5.74) is 3.16. The Morgan fingerprint density at radius 1 is 1.10 bits per heavy atom. The molecule has 1 heterocycles. The van der Waals surface area contributed by atoms with Gasteiger partial charge in [-0.05, 0) is 43.7 Å². The first-order chi connectivity index (χ1) is 14.2. The van der Waals surface area contributed by atoms with Gasteiger partial charge in [0.25, 0.3) is 0 Å². The van der Waals surface area contributed by atoms with Gasteiger partial charge in [-0.1, -0.05) is 29.8 Å². The van der Waals surface area contributed by atoms with Crippen molar-refractivity contribution >= 4 is 5.69 Å². The average Bonchev–Trinajstić information content (AvgIpc) is 3.19. The van der Waals surface area contributed by atoms with Gasteiger partial charge in [0.2, 0.25) is 11.8 Å². The molecule has 9 heteroatoms. The highest BCUT2D eigenvalue weighted by Gasteiger charge is 2.40. The second kappa shape index (κ2) is 9.25. The van der Waals surface area contributed by atoms with Crippen molar-refractivity contribution in [2.24, 2.45) is 0 Å². The quantitative estimate of drug-likeness (QED) is 0.452. The van der Waals surface area contributed by atoms with Crippen LogP contribution in [0.3, 0.4) is 0 Å². The summed E-state index contributed by atoms with van der Waals surface area (Å²) in [4.78, 5) is 0. The lowest BCUT2D eigenvalue weighted by Gasteiger charge is -2.16. The Kier molecular flexibility index (Phi) is 6.71. The van der Waals surface area contributed by atoms with Crippen LogP contribution in [0.4, 0.5) is 23.2 Å². The van der Waals surface area contributed by atoms with Crippen molar-refractivity contribution in [1.29, 1.82) is 0 Å². The monoisotopic (exact) mass is 423 g/mol. The van der Waals surface area contributed by atoms with E-state index in [0.717, 1.165) is 11.1 Å². The van der Waals surface area contributed by atoms with Crippen LogP contribution in [0.1, 0.15) is 30.0 Å². The highest BCUT2D eigenvalue weighted by molar-refractivity contribution is 5.53. The predicted molar refractivity (Wildman–Crippen MR) is 104 cm³/mol. The molecule has 3 aromatic rings. The molecule has 0 saturated carbocycles. The second-order valence-corrected chi connectivity index (χ2v) is 6.93. The van der Waals surface area contributed by atoms with E-state index >= 15 is 0 Å². The lowest BCUT2D eigenvalue weighted by atomic mass is 10.1. The van der Waals surface area contributed by atoms with Crippen LogP contribution in [-0.4, -0.2) is 29.2 Å². The van der Waals surface area contributed by atoms with Crippen LogP contribution in [0.25, 0.3) is 11.5 Å². The summed E-state index contributed by atoms with van der Waals surface area (Å²) in [6, 6.07) is 14.2. The van der Waals surface area contributed by atoms with Crippen LogP contribution >= 0.6 is 0 Å². The summed E-state index contributed by atoms with van der Waals surface area (Å²) >= 11 is 0.